The van der Waals surface area contributed by atoms with Crippen LogP contribution in [0.1, 0.15) is 18.5 Å². The monoisotopic (exact) mass is 545 g/mol. The van der Waals surface area contributed by atoms with E-state index in [1.54, 1.807) is 19.4 Å². The van der Waals surface area contributed by atoms with Gasteiger partial charge in [-0.2, -0.15) is 0 Å². The third-order valence-corrected chi connectivity index (χ3v) is 6.66. The molecule has 5 rings (SSSR count). The molecule has 39 heavy (non-hydrogen) atoms. The first-order valence-corrected chi connectivity index (χ1v) is 13.0. The van der Waals surface area contributed by atoms with E-state index >= 15 is 0 Å². The second-order valence-corrected chi connectivity index (χ2v) is 9.36. The highest BCUT2D eigenvalue weighted by Crippen LogP contribution is 2.37. The molecule has 1 saturated heterocycles. The quantitative estimate of drug-likeness (QED) is 0.203. The highest BCUT2D eigenvalue weighted by molar-refractivity contribution is 6.32. The first kappa shape index (κ1) is 26.2. The van der Waals surface area contributed by atoms with Crippen LogP contribution in [0, 0.1) is 0 Å². The molecule has 0 bridgehead atoms. The van der Waals surface area contributed by atoms with E-state index in [0.717, 1.165) is 49.0 Å². The molecule has 0 aliphatic carbocycles. The zero-order chi connectivity index (χ0) is 27.0. The molecule has 1 aliphatic rings. The summed E-state index contributed by atoms with van der Waals surface area (Å²) in [5.74, 6) is 2.40. The van der Waals surface area contributed by atoms with Crippen molar-refractivity contribution in [3.63, 3.8) is 0 Å². The van der Waals surface area contributed by atoms with Crippen molar-refractivity contribution in [2.75, 3.05) is 25.5 Å². The summed E-state index contributed by atoms with van der Waals surface area (Å²) in [4.78, 5) is 25.9. The number of hydrogen-bond acceptors (Lipinski definition) is 9. The van der Waals surface area contributed by atoms with Crippen LogP contribution in [0.25, 0.3) is 10.9 Å². The SMILES string of the molecule is COc1cc2ncnc(Nc3ccc(OCc4ccccn4)c(Cl)c3)c2cc1OC1CCN(C=CC=O)CC1. The van der Waals surface area contributed by atoms with Gasteiger partial charge in [-0.1, -0.05) is 17.7 Å². The van der Waals surface area contributed by atoms with E-state index < -0.39 is 0 Å². The van der Waals surface area contributed by atoms with E-state index in [1.165, 1.54) is 12.4 Å². The summed E-state index contributed by atoms with van der Waals surface area (Å²) in [6.45, 7) is 1.94. The average Bonchev–Trinajstić information content (AvgIpc) is 2.97. The second kappa shape index (κ2) is 12.4. The summed E-state index contributed by atoms with van der Waals surface area (Å²) < 4.78 is 17.8. The number of halogens is 1. The lowest BCUT2D eigenvalue weighted by atomic mass is 10.1. The Morgan fingerprint density at radius 3 is 2.67 bits per heavy atom. The van der Waals surface area contributed by atoms with Gasteiger partial charge in [0.15, 0.2) is 11.5 Å². The van der Waals surface area contributed by atoms with Gasteiger partial charge in [-0.3, -0.25) is 9.78 Å². The minimum atomic E-state index is 0.0238. The number of piperidine rings is 1. The van der Waals surface area contributed by atoms with E-state index in [0.29, 0.717) is 40.2 Å². The van der Waals surface area contributed by atoms with E-state index in [9.17, 15) is 4.79 Å². The van der Waals surface area contributed by atoms with Crippen LogP contribution in [-0.4, -0.2) is 52.4 Å². The number of anilines is 2. The fourth-order valence-corrected chi connectivity index (χ4v) is 4.60. The highest BCUT2D eigenvalue weighted by Gasteiger charge is 2.21. The number of pyridine rings is 1. The number of benzene rings is 2. The smallest absolute Gasteiger partial charge is 0.162 e. The topological polar surface area (TPSA) is 98.7 Å². The third-order valence-electron chi connectivity index (χ3n) is 6.36. The minimum absolute atomic E-state index is 0.0238. The highest BCUT2D eigenvalue weighted by atomic mass is 35.5. The maximum Gasteiger partial charge on any atom is 0.162 e. The summed E-state index contributed by atoms with van der Waals surface area (Å²) in [6.07, 6.45) is 9.02. The Kier molecular flexibility index (Phi) is 8.38. The van der Waals surface area contributed by atoms with Crippen LogP contribution in [-0.2, 0) is 11.4 Å². The van der Waals surface area contributed by atoms with Crippen molar-refractivity contribution in [3.8, 4) is 17.2 Å². The Bertz CT molecular complexity index is 1460. The lowest BCUT2D eigenvalue weighted by Gasteiger charge is -2.31. The largest absolute Gasteiger partial charge is 0.493 e. The molecule has 9 nitrogen and oxygen atoms in total. The van der Waals surface area contributed by atoms with Crippen LogP contribution in [0.3, 0.4) is 0 Å². The number of fused-ring (bicyclic) bond motifs is 1. The number of aromatic nitrogens is 3. The van der Waals surface area contributed by atoms with Crippen molar-refractivity contribution in [1.82, 2.24) is 19.9 Å². The van der Waals surface area contributed by atoms with Gasteiger partial charge in [0, 0.05) is 55.5 Å². The molecule has 3 heterocycles. The molecule has 1 aliphatic heterocycles. The van der Waals surface area contributed by atoms with Gasteiger partial charge < -0.3 is 24.4 Å². The van der Waals surface area contributed by atoms with Crippen LogP contribution in [0.4, 0.5) is 11.5 Å². The van der Waals surface area contributed by atoms with Crippen LogP contribution in [0.5, 0.6) is 17.2 Å². The number of nitrogens with zero attached hydrogens (tertiary/aromatic N) is 4. The molecule has 0 spiro atoms. The summed E-state index contributed by atoms with van der Waals surface area (Å²) in [7, 11) is 1.61. The Labute approximate surface area is 231 Å². The van der Waals surface area contributed by atoms with Crippen molar-refractivity contribution < 1.29 is 19.0 Å². The predicted octanol–water partition coefficient (Wildman–Crippen LogP) is 5.57. The fourth-order valence-electron chi connectivity index (χ4n) is 4.36. The van der Waals surface area contributed by atoms with Gasteiger partial charge in [-0.15, -0.1) is 0 Å². The first-order chi connectivity index (χ1) is 19.1. The molecule has 10 heteroatoms. The minimum Gasteiger partial charge on any atom is -0.493 e. The van der Waals surface area contributed by atoms with E-state index in [-0.39, 0.29) is 6.10 Å². The second-order valence-electron chi connectivity index (χ2n) is 8.95. The van der Waals surface area contributed by atoms with Crippen molar-refractivity contribution in [2.45, 2.75) is 25.6 Å². The van der Waals surface area contributed by atoms with Crippen LogP contribution in [0.2, 0.25) is 5.02 Å². The number of aldehydes is 1. The van der Waals surface area contributed by atoms with Gasteiger partial charge in [0.2, 0.25) is 0 Å². The van der Waals surface area contributed by atoms with Gasteiger partial charge in [0.05, 0.1) is 23.3 Å². The molecule has 2 aromatic heterocycles. The van der Waals surface area contributed by atoms with E-state index in [1.807, 2.05) is 48.7 Å². The van der Waals surface area contributed by atoms with Gasteiger partial charge in [-0.05, 0) is 42.5 Å². The number of allylic oxidation sites excluding steroid dienone is 1. The Balaban J connectivity index is 1.32. The standard InChI is InChI=1S/C29H28ClN5O4/c1-37-27-17-25-23(16-28(27)39-22-8-12-35(13-9-22)11-4-14-36)29(33-19-32-25)34-20-6-7-26(24(30)15-20)38-18-21-5-2-3-10-31-21/h2-7,10-11,14-17,19,22H,8-9,12-13,18H2,1H3,(H,32,33,34). The summed E-state index contributed by atoms with van der Waals surface area (Å²) in [6, 6.07) is 14.9. The molecule has 0 saturated carbocycles. The number of methoxy groups -OCH3 is 1. The molecular weight excluding hydrogens is 518 g/mol. The molecule has 1 fully saturated rings. The fraction of sp³-hybridized carbons (Fsp3) is 0.241. The van der Waals surface area contributed by atoms with Crippen molar-refractivity contribution in [3.05, 3.63) is 84.0 Å². The Hall–Kier alpha value is -4.37. The molecular formula is C29H28ClN5O4. The van der Waals surface area contributed by atoms with E-state index in [4.69, 9.17) is 25.8 Å². The molecule has 0 atom stereocenters. The third kappa shape index (κ3) is 6.56. The number of ether oxygens (including phenoxy) is 3. The van der Waals surface area contributed by atoms with Gasteiger partial charge in [-0.25, -0.2) is 9.97 Å². The lowest BCUT2D eigenvalue weighted by Crippen LogP contribution is -2.35. The molecule has 2 aromatic carbocycles. The molecule has 0 amide bonds. The number of carbonyl (C=O) groups is 1. The number of likely N-dealkylation sites (tertiary alicyclic amines) is 1. The first-order valence-electron chi connectivity index (χ1n) is 12.6. The van der Waals surface area contributed by atoms with Crippen LogP contribution in [0.15, 0.2) is 73.3 Å². The van der Waals surface area contributed by atoms with Gasteiger partial charge in [0.25, 0.3) is 0 Å². The molecule has 1 N–H and O–H groups in total. The molecule has 0 unspecified atom stereocenters. The Morgan fingerprint density at radius 2 is 1.92 bits per heavy atom. The molecule has 0 radical (unpaired) electrons. The van der Waals surface area contributed by atoms with Crippen LogP contribution >= 0.6 is 11.6 Å². The summed E-state index contributed by atoms with van der Waals surface area (Å²) in [5.41, 5.74) is 2.28. The van der Waals surface area contributed by atoms with Crippen LogP contribution < -0.4 is 19.5 Å². The number of rotatable bonds is 10. The normalized spacial score (nSPS) is 13.9. The number of hydrogen-bond donors (Lipinski definition) is 1. The summed E-state index contributed by atoms with van der Waals surface area (Å²) in [5, 5.41) is 4.59. The predicted molar refractivity (Wildman–Crippen MR) is 150 cm³/mol. The maximum absolute atomic E-state index is 10.6. The van der Waals surface area contributed by atoms with Gasteiger partial charge in [0.1, 0.15) is 36.9 Å². The maximum atomic E-state index is 10.6. The molecule has 4 aromatic rings. The zero-order valence-electron chi connectivity index (χ0n) is 21.4. The summed E-state index contributed by atoms with van der Waals surface area (Å²) >= 11 is 6.51. The van der Waals surface area contributed by atoms with Crippen molar-refractivity contribution >= 4 is 40.3 Å². The number of carbonyl (C=O) groups excluding carboxylic acids is 1. The lowest BCUT2D eigenvalue weighted by molar-refractivity contribution is -0.104. The van der Waals surface area contributed by atoms with Gasteiger partial charge >= 0.3 is 0 Å². The Morgan fingerprint density at radius 1 is 1.05 bits per heavy atom. The van der Waals surface area contributed by atoms with E-state index in [2.05, 4.69) is 25.2 Å². The zero-order valence-corrected chi connectivity index (χ0v) is 22.2. The molecule has 200 valence electrons. The number of nitrogens with one attached hydrogen (secondary N) is 1. The average molecular weight is 546 g/mol. The van der Waals surface area contributed by atoms with Crippen molar-refractivity contribution in [2.24, 2.45) is 0 Å². The van der Waals surface area contributed by atoms with Crippen molar-refractivity contribution in [1.29, 1.82) is 0 Å².